The number of aliphatic hydroxyl groups excluding tert-OH is 1. The number of nitrogens with zero attached hydrogens (tertiary/aromatic N) is 4. The van der Waals surface area contributed by atoms with Gasteiger partial charge in [0.15, 0.2) is 5.65 Å². The van der Waals surface area contributed by atoms with Gasteiger partial charge in [-0.3, -0.25) is 0 Å². The number of anilines is 1. The van der Waals surface area contributed by atoms with Crippen LogP contribution in [0.2, 0.25) is 0 Å². The first kappa shape index (κ1) is 20.0. The molecule has 0 saturated carbocycles. The molecule has 1 aliphatic rings. The van der Waals surface area contributed by atoms with Crippen LogP contribution in [0.1, 0.15) is 6.92 Å². The molecule has 4 aromatic rings. The zero-order valence-corrected chi connectivity index (χ0v) is 17.8. The monoisotopic (exact) mass is 441 g/mol. The first-order valence-electron chi connectivity index (χ1n) is 10.1. The molecule has 0 spiro atoms. The molecule has 162 valence electrons. The van der Waals surface area contributed by atoms with Crippen molar-refractivity contribution < 1.29 is 18.3 Å². The SMILES string of the molecule is C[C@@H]1COCCN1c1cc(-c2ccnc3[nH]ccc23)nc2c1ccn2S(=O)(=O)CCO. The number of fused-ring (bicyclic) bond motifs is 2. The lowest BCUT2D eigenvalue weighted by Gasteiger charge is -2.35. The maximum atomic E-state index is 12.8. The Morgan fingerprint density at radius 2 is 2.16 bits per heavy atom. The lowest BCUT2D eigenvalue weighted by atomic mass is 10.1. The van der Waals surface area contributed by atoms with Gasteiger partial charge in [0, 0.05) is 47.5 Å². The third-order valence-electron chi connectivity index (χ3n) is 5.66. The topological polar surface area (TPSA) is 113 Å². The Bertz CT molecular complexity index is 1360. The van der Waals surface area contributed by atoms with E-state index < -0.39 is 16.6 Å². The second kappa shape index (κ2) is 7.63. The fourth-order valence-electron chi connectivity index (χ4n) is 4.15. The van der Waals surface area contributed by atoms with Crippen LogP contribution in [0.3, 0.4) is 0 Å². The van der Waals surface area contributed by atoms with Gasteiger partial charge in [-0.1, -0.05) is 0 Å². The van der Waals surface area contributed by atoms with Gasteiger partial charge in [0.1, 0.15) is 5.65 Å². The van der Waals surface area contributed by atoms with Crippen molar-refractivity contribution in [2.45, 2.75) is 13.0 Å². The summed E-state index contributed by atoms with van der Waals surface area (Å²) >= 11 is 0. The van der Waals surface area contributed by atoms with Crippen LogP contribution in [-0.2, 0) is 14.8 Å². The van der Waals surface area contributed by atoms with Crippen molar-refractivity contribution in [2.75, 3.05) is 37.0 Å². The van der Waals surface area contributed by atoms with E-state index in [2.05, 4.69) is 21.8 Å². The summed E-state index contributed by atoms with van der Waals surface area (Å²) in [5, 5.41) is 10.9. The smallest absolute Gasteiger partial charge is 0.242 e. The van der Waals surface area contributed by atoms with Crippen LogP contribution in [0.4, 0.5) is 5.69 Å². The summed E-state index contributed by atoms with van der Waals surface area (Å²) in [4.78, 5) is 14.4. The molecule has 1 aliphatic heterocycles. The van der Waals surface area contributed by atoms with E-state index in [1.807, 2.05) is 24.4 Å². The number of morpholine rings is 1. The number of hydrogen-bond acceptors (Lipinski definition) is 7. The van der Waals surface area contributed by atoms with Crippen LogP contribution in [0.25, 0.3) is 33.3 Å². The number of aliphatic hydroxyl groups is 1. The molecule has 9 nitrogen and oxygen atoms in total. The molecule has 1 saturated heterocycles. The van der Waals surface area contributed by atoms with Gasteiger partial charge in [0.2, 0.25) is 10.0 Å². The maximum absolute atomic E-state index is 12.8. The first-order valence-corrected chi connectivity index (χ1v) is 11.7. The predicted octanol–water partition coefficient (Wildman–Crippen LogP) is 1.97. The Morgan fingerprint density at radius 3 is 2.97 bits per heavy atom. The van der Waals surface area contributed by atoms with Gasteiger partial charge in [-0.15, -0.1) is 0 Å². The molecule has 0 aromatic carbocycles. The highest BCUT2D eigenvalue weighted by Crippen LogP contribution is 2.35. The largest absolute Gasteiger partial charge is 0.395 e. The van der Waals surface area contributed by atoms with Crippen LogP contribution in [0, 0.1) is 0 Å². The van der Waals surface area contributed by atoms with Crippen molar-refractivity contribution in [1.29, 1.82) is 0 Å². The molecule has 10 heteroatoms. The minimum atomic E-state index is -3.74. The summed E-state index contributed by atoms with van der Waals surface area (Å²) in [6, 6.07) is 7.73. The molecule has 0 radical (unpaired) electrons. The fraction of sp³-hybridized carbons (Fsp3) is 0.333. The Hall–Kier alpha value is -2.95. The van der Waals surface area contributed by atoms with Crippen LogP contribution < -0.4 is 4.90 Å². The zero-order chi connectivity index (χ0) is 21.6. The fourth-order valence-corrected chi connectivity index (χ4v) is 5.23. The molecule has 0 aliphatic carbocycles. The molecule has 1 atom stereocenters. The Kier molecular flexibility index (Phi) is 4.92. The summed E-state index contributed by atoms with van der Waals surface area (Å²) in [7, 11) is -3.74. The van der Waals surface area contributed by atoms with Crippen molar-refractivity contribution in [1.82, 2.24) is 18.9 Å². The van der Waals surface area contributed by atoms with Gasteiger partial charge in [0.25, 0.3) is 0 Å². The van der Waals surface area contributed by atoms with Gasteiger partial charge in [-0.05, 0) is 31.2 Å². The predicted molar refractivity (Wildman–Crippen MR) is 119 cm³/mol. The summed E-state index contributed by atoms with van der Waals surface area (Å²) in [5.74, 6) is -0.372. The van der Waals surface area contributed by atoms with Crippen LogP contribution in [0.15, 0.2) is 42.9 Å². The van der Waals surface area contributed by atoms with Crippen molar-refractivity contribution in [2.24, 2.45) is 0 Å². The standard InChI is InChI=1S/C21H23N5O4S/c1-14-13-30-10-8-25(14)19-12-18(15-2-5-22-20-16(15)3-6-23-20)24-21-17(19)4-7-26(21)31(28,29)11-9-27/h2-7,12,14,27H,8-11,13H2,1H3,(H,22,23)/t14-/m1/s1. The molecule has 2 N–H and O–H groups in total. The normalized spacial score (nSPS) is 17.6. The van der Waals surface area contributed by atoms with Crippen LogP contribution in [0.5, 0.6) is 0 Å². The van der Waals surface area contributed by atoms with Crippen molar-refractivity contribution in [3.8, 4) is 11.3 Å². The lowest BCUT2D eigenvalue weighted by Crippen LogP contribution is -2.43. The number of rotatable bonds is 5. The molecular formula is C21H23N5O4S. The van der Waals surface area contributed by atoms with Crippen LogP contribution >= 0.6 is 0 Å². The molecule has 4 aromatic heterocycles. The van der Waals surface area contributed by atoms with Gasteiger partial charge in [-0.25, -0.2) is 22.4 Å². The Morgan fingerprint density at radius 1 is 1.29 bits per heavy atom. The molecule has 0 bridgehead atoms. The minimum Gasteiger partial charge on any atom is -0.395 e. The summed E-state index contributed by atoms with van der Waals surface area (Å²) in [5.41, 5.74) is 3.52. The van der Waals surface area contributed by atoms with Gasteiger partial charge >= 0.3 is 0 Å². The Balaban J connectivity index is 1.79. The van der Waals surface area contributed by atoms with E-state index in [1.54, 1.807) is 12.3 Å². The number of aromatic amines is 1. The second-order valence-corrected chi connectivity index (χ2v) is 9.60. The highest BCUT2D eigenvalue weighted by atomic mass is 32.2. The average Bonchev–Trinajstić information content (AvgIpc) is 3.40. The van der Waals surface area contributed by atoms with E-state index in [-0.39, 0.29) is 11.8 Å². The molecule has 1 fully saturated rings. The first-order chi connectivity index (χ1) is 15.0. The summed E-state index contributed by atoms with van der Waals surface area (Å²) < 4.78 is 32.4. The molecule has 0 amide bonds. The number of hydrogen-bond donors (Lipinski definition) is 2. The highest BCUT2D eigenvalue weighted by molar-refractivity contribution is 7.90. The third-order valence-corrected chi connectivity index (χ3v) is 7.26. The summed E-state index contributed by atoms with van der Waals surface area (Å²) in [6.07, 6.45) is 5.04. The van der Waals surface area contributed by atoms with Crippen molar-refractivity contribution in [3.63, 3.8) is 0 Å². The number of pyridine rings is 2. The van der Waals surface area contributed by atoms with Gasteiger partial charge in [-0.2, -0.15) is 0 Å². The van der Waals surface area contributed by atoms with E-state index in [1.165, 1.54) is 10.2 Å². The van der Waals surface area contributed by atoms with E-state index >= 15 is 0 Å². The zero-order valence-electron chi connectivity index (χ0n) is 17.0. The number of H-pyrrole nitrogens is 1. The molecule has 5 rings (SSSR count). The van der Waals surface area contributed by atoms with E-state index in [0.29, 0.717) is 31.1 Å². The van der Waals surface area contributed by atoms with Gasteiger partial charge < -0.3 is 19.7 Å². The minimum absolute atomic E-state index is 0.134. The second-order valence-electron chi connectivity index (χ2n) is 7.63. The Labute approximate surface area is 179 Å². The number of nitrogens with one attached hydrogen (secondary N) is 1. The van der Waals surface area contributed by atoms with Crippen molar-refractivity contribution in [3.05, 3.63) is 42.9 Å². The van der Waals surface area contributed by atoms with E-state index in [9.17, 15) is 13.5 Å². The molecular weight excluding hydrogens is 418 g/mol. The number of aromatic nitrogens is 4. The molecule has 31 heavy (non-hydrogen) atoms. The highest BCUT2D eigenvalue weighted by Gasteiger charge is 2.25. The third kappa shape index (κ3) is 3.36. The van der Waals surface area contributed by atoms with E-state index in [0.717, 1.165) is 27.7 Å². The quantitative estimate of drug-likeness (QED) is 0.487. The number of ether oxygens (including phenoxy) is 1. The average molecular weight is 442 g/mol. The molecule has 0 unspecified atom stereocenters. The maximum Gasteiger partial charge on any atom is 0.242 e. The molecule has 5 heterocycles. The summed E-state index contributed by atoms with van der Waals surface area (Å²) in [6.45, 7) is 3.53. The lowest BCUT2D eigenvalue weighted by molar-refractivity contribution is 0.0991. The van der Waals surface area contributed by atoms with Crippen LogP contribution in [-0.4, -0.2) is 70.6 Å². The van der Waals surface area contributed by atoms with Gasteiger partial charge in [0.05, 0.1) is 37.0 Å². The van der Waals surface area contributed by atoms with E-state index in [4.69, 9.17) is 9.72 Å². The van der Waals surface area contributed by atoms with Crippen molar-refractivity contribution >= 4 is 37.8 Å².